The highest BCUT2D eigenvalue weighted by molar-refractivity contribution is 5.97. The zero-order valence-corrected chi connectivity index (χ0v) is 10.7. The Morgan fingerprint density at radius 2 is 2.21 bits per heavy atom. The normalized spacial score (nSPS) is 16.4. The van der Waals surface area contributed by atoms with Gasteiger partial charge in [-0.2, -0.15) is 0 Å². The van der Waals surface area contributed by atoms with E-state index in [1.54, 1.807) is 12.3 Å². The van der Waals surface area contributed by atoms with E-state index >= 15 is 0 Å². The summed E-state index contributed by atoms with van der Waals surface area (Å²) in [4.78, 5) is 16.3. The fraction of sp³-hybridized carbons (Fsp3) is 0.200. The Bertz CT molecular complexity index is 652. The number of carbonyl (C=O) groups excluding carboxylic acids is 1. The molecule has 1 aliphatic rings. The van der Waals surface area contributed by atoms with Crippen LogP contribution in [0.2, 0.25) is 0 Å². The summed E-state index contributed by atoms with van der Waals surface area (Å²) < 4.78 is 0. The molecule has 1 heterocycles. The van der Waals surface area contributed by atoms with Crippen LogP contribution in [0, 0.1) is 6.92 Å². The van der Waals surface area contributed by atoms with Crippen LogP contribution in [0.3, 0.4) is 0 Å². The summed E-state index contributed by atoms with van der Waals surface area (Å²) in [6, 6.07) is 9.81. The van der Waals surface area contributed by atoms with Gasteiger partial charge in [-0.15, -0.1) is 0 Å². The van der Waals surface area contributed by atoms with Crippen molar-refractivity contribution in [2.45, 2.75) is 19.3 Å². The monoisotopic (exact) mass is 253 g/mol. The molecule has 1 unspecified atom stereocenters. The fourth-order valence-electron chi connectivity index (χ4n) is 2.34. The van der Waals surface area contributed by atoms with Gasteiger partial charge in [-0.3, -0.25) is 4.79 Å². The van der Waals surface area contributed by atoms with Gasteiger partial charge >= 0.3 is 0 Å². The van der Waals surface area contributed by atoms with Crippen molar-refractivity contribution in [3.63, 3.8) is 0 Å². The lowest BCUT2D eigenvalue weighted by molar-refractivity contribution is -0.118. The maximum atomic E-state index is 12.2. The number of rotatable bonds is 2. The maximum Gasteiger partial charge on any atom is 0.233 e. The number of fused-ring (bicyclic) bond motifs is 1. The molecule has 3 N–H and O–H groups in total. The van der Waals surface area contributed by atoms with Crippen molar-refractivity contribution < 1.29 is 4.79 Å². The molecule has 0 spiro atoms. The summed E-state index contributed by atoms with van der Waals surface area (Å²) in [7, 11) is 0. The zero-order chi connectivity index (χ0) is 13.4. The Balaban J connectivity index is 1.75. The van der Waals surface area contributed by atoms with Gasteiger partial charge in [0.1, 0.15) is 5.82 Å². The number of nitrogens with zero attached hydrogens (tertiary/aromatic N) is 1. The molecule has 19 heavy (non-hydrogen) atoms. The van der Waals surface area contributed by atoms with Crippen LogP contribution in [0.25, 0.3) is 0 Å². The third-order valence-corrected chi connectivity index (χ3v) is 3.57. The lowest BCUT2D eigenvalue weighted by Gasteiger charge is -2.28. The van der Waals surface area contributed by atoms with Gasteiger partial charge in [0.2, 0.25) is 5.91 Å². The van der Waals surface area contributed by atoms with E-state index in [9.17, 15) is 4.79 Å². The van der Waals surface area contributed by atoms with E-state index in [0.29, 0.717) is 11.5 Å². The molecule has 0 radical (unpaired) electrons. The maximum absolute atomic E-state index is 12.2. The van der Waals surface area contributed by atoms with Crippen molar-refractivity contribution in [3.05, 3.63) is 53.2 Å². The summed E-state index contributed by atoms with van der Waals surface area (Å²) in [5, 5.41) is 2.85. The second kappa shape index (κ2) is 4.39. The van der Waals surface area contributed by atoms with Crippen molar-refractivity contribution >= 4 is 17.4 Å². The van der Waals surface area contributed by atoms with Gasteiger partial charge in [0, 0.05) is 0 Å². The smallest absolute Gasteiger partial charge is 0.233 e. The number of aryl methyl sites for hydroxylation is 1. The molecule has 3 rings (SSSR count). The largest absolute Gasteiger partial charge is 0.397 e. The van der Waals surface area contributed by atoms with Gasteiger partial charge < -0.3 is 11.1 Å². The average Bonchev–Trinajstić information content (AvgIpc) is 2.35. The SMILES string of the molecule is Cc1cc(NC(=O)C2Cc3ccccc32)ncc1N. The third kappa shape index (κ3) is 2.05. The predicted molar refractivity (Wildman–Crippen MR) is 74.9 cm³/mol. The number of nitrogens with two attached hydrogens (primary N) is 1. The molecule has 0 fully saturated rings. The number of hydrogen-bond acceptors (Lipinski definition) is 3. The molecule has 4 heteroatoms. The molecule has 1 amide bonds. The van der Waals surface area contributed by atoms with E-state index in [0.717, 1.165) is 17.5 Å². The molecule has 1 aromatic carbocycles. The van der Waals surface area contributed by atoms with Gasteiger partial charge in [0.25, 0.3) is 0 Å². The Labute approximate surface area is 111 Å². The molecular weight excluding hydrogens is 238 g/mol. The standard InChI is InChI=1S/C15H15N3O/c1-9-6-14(17-8-13(9)16)18-15(19)12-7-10-4-2-3-5-11(10)12/h2-6,8,12H,7,16H2,1H3,(H,17,18,19). The van der Waals surface area contributed by atoms with Gasteiger partial charge in [0.15, 0.2) is 0 Å². The number of nitrogens with one attached hydrogen (secondary N) is 1. The number of anilines is 2. The summed E-state index contributed by atoms with van der Waals surface area (Å²) in [5.41, 5.74) is 9.62. The lowest BCUT2D eigenvalue weighted by atomic mass is 9.77. The zero-order valence-electron chi connectivity index (χ0n) is 10.7. The molecule has 96 valence electrons. The number of hydrogen-bond donors (Lipinski definition) is 2. The summed E-state index contributed by atoms with van der Waals surface area (Å²) >= 11 is 0. The minimum absolute atomic E-state index is 0.00429. The van der Waals surface area contributed by atoms with Crippen LogP contribution in [0.5, 0.6) is 0 Å². The Hall–Kier alpha value is -2.36. The van der Waals surface area contributed by atoms with Crippen LogP contribution in [0.1, 0.15) is 22.6 Å². The van der Waals surface area contributed by atoms with Gasteiger partial charge in [-0.1, -0.05) is 24.3 Å². The van der Waals surface area contributed by atoms with Crippen molar-refractivity contribution in [1.29, 1.82) is 0 Å². The first-order valence-electron chi connectivity index (χ1n) is 6.26. The predicted octanol–water partition coefficient (Wildman–Crippen LogP) is 2.25. The van der Waals surface area contributed by atoms with Crippen LogP contribution in [-0.2, 0) is 11.2 Å². The van der Waals surface area contributed by atoms with Crippen LogP contribution in [0.15, 0.2) is 36.5 Å². The highest BCUT2D eigenvalue weighted by Crippen LogP contribution is 2.35. The van der Waals surface area contributed by atoms with E-state index < -0.39 is 0 Å². The Morgan fingerprint density at radius 1 is 1.42 bits per heavy atom. The van der Waals surface area contributed by atoms with Crippen molar-refractivity contribution in [3.8, 4) is 0 Å². The minimum atomic E-state index is -0.0594. The molecule has 1 atom stereocenters. The quantitative estimate of drug-likeness (QED) is 0.862. The fourth-order valence-corrected chi connectivity index (χ4v) is 2.34. The average molecular weight is 253 g/mol. The van der Waals surface area contributed by atoms with Crippen LogP contribution in [0.4, 0.5) is 11.5 Å². The molecule has 0 aliphatic heterocycles. The van der Waals surface area contributed by atoms with Gasteiger partial charge in [-0.05, 0) is 36.1 Å². The van der Waals surface area contributed by atoms with Crippen molar-refractivity contribution in [1.82, 2.24) is 4.98 Å². The lowest BCUT2D eigenvalue weighted by Crippen LogP contribution is -2.30. The first-order valence-corrected chi connectivity index (χ1v) is 6.26. The number of pyridine rings is 1. The molecule has 1 aliphatic carbocycles. The highest BCUT2D eigenvalue weighted by atomic mass is 16.2. The molecule has 4 nitrogen and oxygen atoms in total. The summed E-state index contributed by atoms with van der Waals surface area (Å²) in [6.45, 7) is 1.89. The van der Waals surface area contributed by atoms with Crippen LogP contribution < -0.4 is 11.1 Å². The van der Waals surface area contributed by atoms with Gasteiger partial charge in [-0.25, -0.2) is 4.98 Å². The van der Waals surface area contributed by atoms with Gasteiger partial charge in [0.05, 0.1) is 17.8 Å². The highest BCUT2D eigenvalue weighted by Gasteiger charge is 2.31. The van der Waals surface area contributed by atoms with Crippen molar-refractivity contribution in [2.75, 3.05) is 11.1 Å². The number of carbonyl (C=O) groups is 1. The van der Waals surface area contributed by atoms with Crippen LogP contribution in [-0.4, -0.2) is 10.9 Å². The van der Waals surface area contributed by atoms with Crippen molar-refractivity contribution in [2.24, 2.45) is 0 Å². The van der Waals surface area contributed by atoms with E-state index in [4.69, 9.17) is 5.73 Å². The summed E-state index contributed by atoms with van der Waals surface area (Å²) in [5.74, 6) is 0.493. The second-order valence-corrected chi connectivity index (χ2v) is 4.87. The molecule has 0 bridgehead atoms. The molecule has 2 aromatic rings. The second-order valence-electron chi connectivity index (χ2n) is 4.87. The van der Waals surface area contributed by atoms with Crippen LogP contribution >= 0.6 is 0 Å². The molecule has 0 saturated carbocycles. The molecule has 0 saturated heterocycles. The number of benzene rings is 1. The number of amides is 1. The van der Waals surface area contributed by atoms with E-state index in [2.05, 4.69) is 16.4 Å². The van der Waals surface area contributed by atoms with E-state index in [1.807, 2.05) is 25.1 Å². The topological polar surface area (TPSA) is 68.0 Å². The Morgan fingerprint density at radius 3 is 2.95 bits per heavy atom. The Kier molecular flexibility index (Phi) is 2.71. The first kappa shape index (κ1) is 11.7. The molecule has 1 aromatic heterocycles. The number of aromatic nitrogens is 1. The van der Waals surface area contributed by atoms with E-state index in [-0.39, 0.29) is 11.8 Å². The van der Waals surface area contributed by atoms with E-state index in [1.165, 1.54) is 5.56 Å². The summed E-state index contributed by atoms with van der Waals surface area (Å²) in [6.07, 6.45) is 2.37. The third-order valence-electron chi connectivity index (χ3n) is 3.57. The first-order chi connectivity index (χ1) is 9.15. The molecular formula is C15H15N3O. The number of nitrogen functional groups attached to an aromatic ring is 1. The minimum Gasteiger partial charge on any atom is -0.397 e.